The first-order valence-corrected chi connectivity index (χ1v) is 8.94. The quantitative estimate of drug-likeness (QED) is 0.824. The Balaban J connectivity index is 1.61. The molecule has 2 aromatic rings. The van der Waals surface area contributed by atoms with Crippen LogP contribution in [0.5, 0.6) is 5.75 Å². The number of carbonyl (C=O) groups is 1. The molecule has 5 heteroatoms. The van der Waals surface area contributed by atoms with Gasteiger partial charge in [0.15, 0.2) is 0 Å². The van der Waals surface area contributed by atoms with Gasteiger partial charge >= 0.3 is 0 Å². The summed E-state index contributed by atoms with van der Waals surface area (Å²) in [6, 6.07) is 14.5. The lowest BCUT2D eigenvalue weighted by Crippen LogP contribution is -2.49. The Morgan fingerprint density at radius 3 is 2.58 bits per heavy atom. The fourth-order valence-corrected chi connectivity index (χ4v) is 3.38. The molecule has 1 atom stereocenters. The van der Waals surface area contributed by atoms with Crippen molar-refractivity contribution >= 4 is 5.91 Å². The number of halogens is 1. The van der Waals surface area contributed by atoms with E-state index in [1.54, 1.807) is 13.2 Å². The molecule has 1 heterocycles. The standard InChI is InChI=1S/C21H25FN2O2/c1-23-13-14-24(15-20(23)18-5-3-4-6-19(18)22)21(25)12-9-16-7-10-17(26-2)11-8-16/h3-8,10-11,20H,9,12-15H2,1-2H3. The summed E-state index contributed by atoms with van der Waals surface area (Å²) in [7, 11) is 3.62. The fraction of sp³-hybridized carbons (Fsp3) is 0.381. The second-order valence-corrected chi connectivity index (χ2v) is 6.71. The lowest BCUT2D eigenvalue weighted by atomic mass is 10.0. The van der Waals surface area contributed by atoms with Gasteiger partial charge in [-0.25, -0.2) is 4.39 Å². The van der Waals surface area contributed by atoms with Crippen LogP contribution in [0.25, 0.3) is 0 Å². The topological polar surface area (TPSA) is 32.8 Å². The van der Waals surface area contributed by atoms with Gasteiger partial charge in [0, 0.05) is 31.6 Å². The molecule has 26 heavy (non-hydrogen) atoms. The third-order valence-electron chi connectivity index (χ3n) is 5.05. The summed E-state index contributed by atoms with van der Waals surface area (Å²) >= 11 is 0. The molecule has 1 fully saturated rings. The number of ether oxygens (including phenoxy) is 1. The van der Waals surface area contributed by atoms with Crippen LogP contribution in [0.3, 0.4) is 0 Å². The van der Waals surface area contributed by atoms with Crippen molar-refractivity contribution in [3.8, 4) is 5.75 Å². The number of likely N-dealkylation sites (N-methyl/N-ethyl adjacent to an activating group) is 1. The largest absolute Gasteiger partial charge is 0.497 e. The minimum absolute atomic E-state index is 0.102. The third-order valence-corrected chi connectivity index (χ3v) is 5.05. The molecule has 0 aliphatic carbocycles. The van der Waals surface area contributed by atoms with E-state index in [-0.39, 0.29) is 17.8 Å². The Labute approximate surface area is 154 Å². The molecule has 1 aliphatic rings. The van der Waals surface area contributed by atoms with Crippen molar-refractivity contribution in [2.75, 3.05) is 33.8 Å². The Hall–Kier alpha value is -2.40. The first kappa shape index (κ1) is 18.4. The van der Waals surface area contributed by atoms with Gasteiger partial charge in [0.2, 0.25) is 5.91 Å². The molecule has 1 unspecified atom stereocenters. The first-order chi connectivity index (χ1) is 12.6. The minimum Gasteiger partial charge on any atom is -0.497 e. The van der Waals surface area contributed by atoms with Crippen molar-refractivity contribution in [2.24, 2.45) is 0 Å². The maximum Gasteiger partial charge on any atom is 0.223 e. The van der Waals surface area contributed by atoms with E-state index >= 15 is 0 Å². The number of nitrogens with zero attached hydrogens (tertiary/aromatic N) is 2. The average Bonchev–Trinajstić information content (AvgIpc) is 2.67. The van der Waals surface area contributed by atoms with Gasteiger partial charge in [-0.3, -0.25) is 9.69 Å². The molecule has 1 amide bonds. The van der Waals surface area contributed by atoms with Crippen LogP contribution in [0.1, 0.15) is 23.6 Å². The van der Waals surface area contributed by atoms with Crippen LogP contribution in [-0.2, 0) is 11.2 Å². The summed E-state index contributed by atoms with van der Waals surface area (Å²) in [5.41, 5.74) is 1.77. The van der Waals surface area contributed by atoms with E-state index in [1.165, 1.54) is 6.07 Å². The molecular weight excluding hydrogens is 331 g/mol. The fourth-order valence-electron chi connectivity index (χ4n) is 3.38. The van der Waals surface area contributed by atoms with Gasteiger partial charge in [0.05, 0.1) is 13.2 Å². The number of amides is 1. The van der Waals surface area contributed by atoms with Crippen molar-refractivity contribution in [3.05, 3.63) is 65.5 Å². The lowest BCUT2D eigenvalue weighted by Gasteiger charge is -2.40. The molecule has 0 N–H and O–H groups in total. The van der Waals surface area contributed by atoms with Gasteiger partial charge in [-0.2, -0.15) is 0 Å². The monoisotopic (exact) mass is 356 g/mol. The van der Waals surface area contributed by atoms with Crippen LogP contribution in [0.2, 0.25) is 0 Å². The number of carbonyl (C=O) groups excluding carboxylic acids is 1. The van der Waals surface area contributed by atoms with Gasteiger partial charge in [-0.05, 0) is 37.2 Å². The Bertz CT molecular complexity index is 748. The molecule has 3 rings (SSSR count). The number of piperazine rings is 1. The third kappa shape index (κ3) is 4.22. The van der Waals surface area contributed by atoms with Gasteiger partial charge < -0.3 is 9.64 Å². The van der Waals surface area contributed by atoms with E-state index in [0.29, 0.717) is 31.5 Å². The second-order valence-electron chi connectivity index (χ2n) is 6.71. The molecule has 0 aromatic heterocycles. The zero-order chi connectivity index (χ0) is 18.5. The van der Waals surface area contributed by atoms with E-state index < -0.39 is 0 Å². The Morgan fingerprint density at radius 1 is 1.15 bits per heavy atom. The summed E-state index contributed by atoms with van der Waals surface area (Å²) < 4.78 is 19.3. The highest BCUT2D eigenvalue weighted by molar-refractivity contribution is 5.76. The van der Waals surface area contributed by atoms with Gasteiger partial charge in [0.25, 0.3) is 0 Å². The van der Waals surface area contributed by atoms with E-state index in [9.17, 15) is 9.18 Å². The number of rotatable bonds is 5. The predicted molar refractivity (Wildman–Crippen MR) is 99.7 cm³/mol. The maximum atomic E-state index is 14.2. The van der Waals surface area contributed by atoms with Gasteiger partial charge in [0.1, 0.15) is 11.6 Å². The molecule has 1 saturated heterocycles. The number of benzene rings is 2. The number of hydrogen-bond acceptors (Lipinski definition) is 3. The van der Waals surface area contributed by atoms with Gasteiger partial charge in [-0.15, -0.1) is 0 Å². The summed E-state index contributed by atoms with van der Waals surface area (Å²) in [4.78, 5) is 16.6. The van der Waals surface area contributed by atoms with Crippen LogP contribution in [-0.4, -0.2) is 49.5 Å². The van der Waals surface area contributed by atoms with Crippen LogP contribution < -0.4 is 4.74 Å². The summed E-state index contributed by atoms with van der Waals surface area (Å²) in [5.74, 6) is 0.721. The van der Waals surface area contributed by atoms with Crippen molar-refractivity contribution in [3.63, 3.8) is 0 Å². The number of methoxy groups -OCH3 is 1. The van der Waals surface area contributed by atoms with E-state index in [2.05, 4.69) is 4.90 Å². The van der Waals surface area contributed by atoms with E-state index in [4.69, 9.17) is 4.74 Å². The molecule has 0 radical (unpaired) electrons. The Morgan fingerprint density at radius 2 is 1.88 bits per heavy atom. The molecule has 138 valence electrons. The lowest BCUT2D eigenvalue weighted by molar-refractivity contribution is -0.134. The average molecular weight is 356 g/mol. The molecular formula is C21H25FN2O2. The maximum absolute atomic E-state index is 14.2. The van der Waals surface area contributed by atoms with Crippen LogP contribution in [0.15, 0.2) is 48.5 Å². The predicted octanol–water partition coefficient (Wildman–Crippen LogP) is 3.28. The highest BCUT2D eigenvalue weighted by Crippen LogP contribution is 2.26. The van der Waals surface area contributed by atoms with Crippen LogP contribution in [0, 0.1) is 5.82 Å². The first-order valence-electron chi connectivity index (χ1n) is 8.94. The van der Waals surface area contributed by atoms with Crippen LogP contribution >= 0.6 is 0 Å². The van der Waals surface area contributed by atoms with Crippen molar-refractivity contribution < 1.29 is 13.9 Å². The van der Waals surface area contributed by atoms with E-state index in [1.807, 2.05) is 48.3 Å². The minimum atomic E-state index is -0.211. The van der Waals surface area contributed by atoms with Crippen molar-refractivity contribution in [2.45, 2.75) is 18.9 Å². The highest BCUT2D eigenvalue weighted by atomic mass is 19.1. The van der Waals surface area contributed by atoms with Crippen molar-refractivity contribution in [1.29, 1.82) is 0 Å². The summed E-state index contributed by atoms with van der Waals surface area (Å²) in [5, 5.41) is 0. The number of aryl methyl sites for hydroxylation is 1. The number of hydrogen-bond donors (Lipinski definition) is 0. The van der Waals surface area contributed by atoms with Crippen LogP contribution in [0.4, 0.5) is 4.39 Å². The van der Waals surface area contributed by atoms with E-state index in [0.717, 1.165) is 17.9 Å². The normalized spacial score (nSPS) is 18.0. The summed E-state index contributed by atoms with van der Waals surface area (Å²) in [6.07, 6.45) is 1.15. The SMILES string of the molecule is COc1ccc(CCC(=O)N2CCN(C)C(c3ccccc3F)C2)cc1. The molecule has 0 saturated carbocycles. The Kier molecular flexibility index (Phi) is 5.89. The smallest absolute Gasteiger partial charge is 0.223 e. The second kappa shape index (κ2) is 8.32. The highest BCUT2D eigenvalue weighted by Gasteiger charge is 2.29. The van der Waals surface area contributed by atoms with Crippen molar-refractivity contribution in [1.82, 2.24) is 9.80 Å². The van der Waals surface area contributed by atoms with Gasteiger partial charge in [-0.1, -0.05) is 30.3 Å². The molecule has 0 bridgehead atoms. The molecule has 2 aromatic carbocycles. The molecule has 0 spiro atoms. The molecule has 1 aliphatic heterocycles. The summed E-state index contributed by atoms with van der Waals surface area (Å²) in [6.45, 7) is 1.95. The zero-order valence-electron chi connectivity index (χ0n) is 15.3. The zero-order valence-corrected chi connectivity index (χ0v) is 15.3. The molecule has 4 nitrogen and oxygen atoms in total.